The van der Waals surface area contributed by atoms with E-state index >= 15 is 0 Å². The Kier molecular flexibility index (Phi) is 6.57. The number of amides is 1. The molecule has 1 aromatic carbocycles. The van der Waals surface area contributed by atoms with Gasteiger partial charge in [-0.1, -0.05) is 12.1 Å². The molecule has 1 saturated carbocycles. The summed E-state index contributed by atoms with van der Waals surface area (Å²) in [5.41, 5.74) is 2.35. The van der Waals surface area contributed by atoms with Gasteiger partial charge in [0.1, 0.15) is 12.1 Å². The molecule has 0 spiro atoms. The number of carbonyl (C=O) groups is 1. The van der Waals surface area contributed by atoms with Crippen molar-refractivity contribution in [1.82, 2.24) is 24.9 Å². The molecule has 1 aliphatic carbocycles. The molecule has 3 aromatic rings. The highest BCUT2D eigenvalue weighted by molar-refractivity contribution is 5.76. The third kappa shape index (κ3) is 4.96. The first-order valence-corrected chi connectivity index (χ1v) is 10.9. The molecule has 1 N–H and O–H groups in total. The Labute approximate surface area is 176 Å². The number of nitrogens with zero attached hydrogens (tertiary/aromatic N) is 4. The fourth-order valence-electron chi connectivity index (χ4n) is 4.25. The van der Waals surface area contributed by atoms with Crippen LogP contribution in [0.1, 0.15) is 56.2 Å². The number of hydrogen-bond donors (Lipinski definition) is 1. The van der Waals surface area contributed by atoms with E-state index in [0.717, 1.165) is 50.0 Å². The molecule has 0 unspecified atom stereocenters. The highest BCUT2D eigenvalue weighted by atomic mass is 16.5. The van der Waals surface area contributed by atoms with E-state index < -0.39 is 0 Å². The molecule has 30 heavy (non-hydrogen) atoms. The van der Waals surface area contributed by atoms with Crippen molar-refractivity contribution in [1.29, 1.82) is 0 Å². The van der Waals surface area contributed by atoms with E-state index in [0.29, 0.717) is 30.6 Å². The quantitative estimate of drug-likeness (QED) is 0.618. The van der Waals surface area contributed by atoms with Crippen LogP contribution in [-0.2, 0) is 11.2 Å². The van der Waals surface area contributed by atoms with Crippen molar-refractivity contribution in [3.63, 3.8) is 0 Å². The Morgan fingerprint density at radius 3 is 2.70 bits per heavy atom. The predicted octanol–water partition coefficient (Wildman–Crippen LogP) is 3.55. The molecule has 7 nitrogen and oxygen atoms in total. The van der Waals surface area contributed by atoms with Crippen LogP contribution in [0.2, 0.25) is 0 Å². The minimum Gasteiger partial charge on any atom is -0.494 e. The van der Waals surface area contributed by atoms with Gasteiger partial charge in [-0.05, 0) is 68.7 Å². The standard InChI is InChI=1S/C23H29N5O2/c1-2-30-20-10-5-17(6-11-20)7-12-22(29)25-15-18-3-8-19(9-4-18)21-13-14-24-23-26-16-27-28(21)23/h5-6,10-11,13-14,16,18-19H,2-4,7-9,12,15H2,1H3,(H,25,29). The van der Waals surface area contributed by atoms with Crippen LogP contribution in [0.5, 0.6) is 5.75 Å². The van der Waals surface area contributed by atoms with Gasteiger partial charge in [0.05, 0.1) is 12.3 Å². The van der Waals surface area contributed by atoms with Crippen LogP contribution in [0.25, 0.3) is 5.78 Å². The lowest BCUT2D eigenvalue weighted by molar-refractivity contribution is -0.121. The summed E-state index contributed by atoms with van der Waals surface area (Å²) in [6, 6.07) is 10.0. The lowest BCUT2D eigenvalue weighted by atomic mass is 9.80. The monoisotopic (exact) mass is 407 g/mol. The molecule has 1 aliphatic rings. The first-order chi connectivity index (χ1) is 14.7. The van der Waals surface area contributed by atoms with E-state index in [4.69, 9.17) is 4.74 Å². The molecule has 2 aromatic heterocycles. The Morgan fingerprint density at radius 2 is 1.93 bits per heavy atom. The summed E-state index contributed by atoms with van der Waals surface area (Å²) >= 11 is 0. The third-order valence-electron chi connectivity index (χ3n) is 5.94. The fourth-order valence-corrected chi connectivity index (χ4v) is 4.25. The molecule has 7 heteroatoms. The van der Waals surface area contributed by atoms with E-state index in [-0.39, 0.29) is 5.91 Å². The number of aromatic nitrogens is 4. The lowest BCUT2D eigenvalue weighted by Gasteiger charge is -2.28. The van der Waals surface area contributed by atoms with Crippen LogP contribution in [0.3, 0.4) is 0 Å². The number of hydrogen-bond acceptors (Lipinski definition) is 5. The van der Waals surface area contributed by atoms with E-state index in [1.165, 1.54) is 5.69 Å². The van der Waals surface area contributed by atoms with Crippen LogP contribution in [0.4, 0.5) is 0 Å². The number of fused-ring (bicyclic) bond motifs is 1. The molecule has 2 heterocycles. The maximum Gasteiger partial charge on any atom is 0.252 e. The second-order valence-corrected chi connectivity index (χ2v) is 7.94. The zero-order valence-corrected chi connectivity index (χ0v) is 17.5. The second kappa shape index (κ2) is 9.69. The van der Waals surface area contributed by atoms with Crippen LogP contribution < -0.4 is 10.1 Å². The molecule has 0 saturated heterocycles. The molecule has 1 amide bonds. The number of benzene rings is 1. The summed E-state index contributed by atoms with van der Waals surface area (Å²) in [6.45, 7) is 3.40. The van der Waals surface area contributed by atoms with Crippen molar-refractivity contribution >= 4 is 11.7 Å². The van der Waals surface area contributed by atoms with Gasteiger partial charge in [0.25, 0.3) is 5.78 Å². The van der Waals surface area contributed by atoms with Crippen molar-refractivity contribution in [3.05, 3.63) is 54.1 Å². The number of rotatable bonds is 8. The highest BCUT2D eigenvalue weighted by Crippen LogP contribution is 2.35. The zero-order chi connectivity index (χ0) is 20.8. The minimum atomic E-state index is 0.129. The van der Waals surface area contributed by atoms with E-state index in [2.05, 4.69) is 26.4 Å². The normalized spacial score (nSPS) is 19.0. The SMILES string of the molecule is CCOc1ccc(CCC(=O)NCC2CCC(c3ccnc4ncnn34)CC2)cc1. The lowest BCUT2D eigenvalue weighted by Crippen LogP contribution is -2.31. The summed E-state index contributed by atoms with van der Waals surface area (Å²) in [6.07, 6.45) is 9.07. The van der Waals surface area contributed by atoms with E-state index in [1.54, 1.807) is 6.33 Å². The molecule has 158 valence electrons. The van der Waals surface area contributed by atoms with Crippen LogP contribution >= 0.6 is 0 Å². The van der Waals surface area contributed by atoms with Crippen molar-refractivity contribution < 1.29 is 9.53 Å². The average Bonchev–Trinajstić information content (AvgIpc) is 3.27. The number of aryl methyl sites for hydroxylation is 1. The van der Waals surface area contributed by atoms with E-state index in [1.807, 2.05) is 41.9 Å². The number of ether oxygens (including phenoxy) is 1. The summed E-state index contributed by atoms with van der Waals surface area (Å²) in [7, 11) is 0. The Bertz CT molecular complexity index is 961. The summed E-state index contributed by atoms with van der Waals surface area (Å²) < 4.78 is 7.31. The molecule has 0 atom stereocenters. The molecule has 0 aliphatic heterocycles. The topological polar surface area (TPSA) is 81.4 Å². The van der Waals surface area contributed by atoms with Crippen molar-refractivity contribution in [2.45, 2.75) is 51.4 Å². The third-order valence-corrected chi connectivity index (χ3v) is 5.94. The van der Waals surface area contributed by atoms with Crippen molar-refractivity contribution in [2.24, 2.45) is 5.92 Å². The first-order valence-electron chi connectivity index (χ1n) is 10.9. The maximum absolute atomic E-state index is 12.3. The van der Waals surface area contributed by atoms with Gasteiger partial charge < -0.3 is 10.1 Å². The van der Waals surface area contributed by atoms with Gasteiger partial charge in [0, 0.05) is 25.1 Å². The van der Waals surface area contributed by atoms with Gasteiger partial charge in [0.2, 0.25) is 5.91 Å². The summed E-state index contributed by atoms with van der Waals surface area (Å²) in [4.78, 5) is 20.7. The average molecular weight is 408 g/mol. The Hall–Kier alpha value is -2.96. The van der Waals surface area contributed by atoms with Crippen molar-refractivity contribution in [3.8, 4) is 5.75 Å². The smallest absolute Gasteiger partial charge is 0.252 e. The van der Waals surface area contributed by atoms with Crippen molar-refractivity contribution in [2.75, 3.05) is 13.2 Å². The van der Waals surface area contributed by atoms with Gasteiger partial charge >= 0.3 is 0 Å². The maximum atomic E-state index is 12.3. The Balaban J connectivity index is 1.19. The fraction of sp³-hybridized carbons (Fsp3) is 0.478. The zero-order valence-electron chi connectivity index (χ0n) is 17.5. The highest BCUT2D eigenvalue weighted by Gasteiger charge is 2.24. The first kappa shape index (κ1) is 20.3. The Morgan fingerprint density at radius 1 is 1.13 bits per heavy atom. The molecule has 1 fully saturated rings. The molecule has 4 rings (SSSR count). The second-order valence-electron chi connectivity index (χ2n) is 7.94. The van der Waals surface area contributed by atoms with Crippen LogP contribution in [0, 0.1) is 5.92 Å². The molecular weight excluding hydrogens is 378 g/mol. The number of nitrogens with one attached hydrogen (secondary N) is 1. The van der Waals surface area contributed by atoms with Gasteiger partial charge in [-0.25, -0.2) is 9.50 Å². The van der Waals surface area contributed by atoms with Gasteiger partial charge in [-0.2, -0.15) is 10.1 Å². The molecule has 0 bridgehead atoms. The van der Waals surface area contributed by atoms with Crippen LogP contribution in [0.15, 0.2) is 42.9 Å². The van der Waals surface area contributed by atoms with Gasteiger partial charge in [-0.15, -0.1) is 0 Å². The summed E-state index contributed by atoms with van der Waals surface area (Å²) in [5.74, 6) is 2.68. The molecule has 0 radical (unpaired) electrons. The largest absolute Gasteiger partial charge is 0.494 e. The summed E-state index contributed by atoms with van der Waals surface area (Å²) in [5, 5.41) is 7.44. The number of carbonyl (C=O) groups excluding carboxylic acids is 1. The van der Waals surface area contributed by atoms with E-state index in [9.17, 15) is 4.79 Å². The van der Waals surface area contributed by atoms with Gasteiger partial charge in [-0.3, -0.25) is 4.79 Å². The van der Waals surface area contributed by atoms with Gasteiger partial charge in [0.15, 0.2) is 0 Å². The predicted molar refractivity (Wildman–Crippen MR) is 114 cm³/mol. The van der Waals surface area contributed by atoms with Crippen LogP contribution in [-0.4, -0.2) is 38.6 Å². The molecular formula is C23H29N5O2. The minimum absolute atomic E-state index is 0.129.